The van der Waals surface area contributed by atoms with E-state index < -0.39 is 11.9 Å². The van der Waals surface area contributed by atoms with Gasteiger partial charge in [-0.05, 0) is 26.0 Å². The van der Waals surface area contributed by atoms with Crippen LogP contribution in [0.5, 0.6) is 11.5 Å². The Morgan fingerprint density at radius 2 is 2.25 bits per heavy atom. The van der Waals surface area contributed by atoms with Crippen molar-refractivity contribution in [3.8, 4) is 11.5 Å². The zero-order chi connectivity index (χ0) is 14.7. The van der Waals surface area contributed by atoms with Gasteiger partial charge in [0.15, 0.2) is 11.5 Å². The average molecular weight is 276 g/mol. The second-order valence-electron chi connectivity index (χ2n) is 4.36. The molecule has 2 aromatic rings. The summed E-state index contributed by atoms with van der Waals surface area (Å²) >= 11 is 0. The summed E-state index contributed by atoms with van der Waals surface area (Å²) in [6, 6.07) is 4.32. The summed E-state index contributed by atoms with van der Waals surface area (Å²) in [7, 11) is 1.43. The molecular formula is C14H16N2O4. The molecular weight excluding hydrogens is 260 g/mol. The number of amides is 1. The Labute approximate surface area is 116 Å². The van der Waals surface area contributed by atoms with Crippen LogP contribution in [0.25, 0.3) is 0 Å². The van der Waals surface area contributed by atoms with Crippen LogP contribution < -0.4 is 10.1 Å². The van der Waals surface area contributed by atoms with E-state index in [-0.39, 0.29) is 17.1 Å². The normalized spacial score (nSPS) is 11.9. The van der Waals surface area contributed by atoms with Gasteiger partial charge in [0.05, 0.1) is 18.9 Å². The van der Waals surface area contributed by atoms with Gasteiger partial charge >= 0.3 is 0 Å². The second kappa shape index (κ2) is 5.64. The van der Waals surface area contributed by atoms with Crippen molar-refractivity contribution in [3.05, 3.63) is 41.6 Å². The quantitative estimate of drug-likeness (QED) is 0.894. The number of carbonyl (C=O) groups excluding carboxylic acids is 1. The Morgan fingerprint density at radius 1 is 1.50 bits per heavy atom. The van der Waals surface area contributed by atoms with Crippen molar-refractivity contribution >= 4 is 5.91 Å². The first-order chi connectivity index (χ1) is 9.52. The molecule has 1 aromatic heterocycles. The van der Waals surface area contributed by atoms with Gasteiger partial charge in [-0.1, -0.05) is 6.07 Å². The number of aromatic nitrogens is 1. The lowest BCUT2D eigenvalue weighted by molar-refractivity contribution is 0.0930. The Balaban J connectivity index is 2.16. The minimum atomic E-state index is -0.426. The number of benzene rings is 1. The molecule has 6 nitrogen and oxygen atoms in total. The number of rotatable bonds is 4. The number of aromatic hydroxyl groups is 1. The standard InChI is InChI=1S/C14H16N2O4/c1-8-7-15-14(20-8)9(2)16-13(18)10-5-4-6-11(19-3)12(10)17/h4-7,9,17H,1-3H3,(H,16,18). The Hall–Kier alpha value is -2.50. The third-order valence-corrected chi connectivity index (χ3v) is 2.82. The topological polar surface area (TPSA) is 84.6 Å². The molecule has 1 unspecified atom stereocenters. The summed E-state index contributed by atoms with van der Waals surface area (Å²) in [5.41, 5.74) is 0.138. The number of ether oxygens (including phenoxy) is 1. The second-order valence-corrected chi connectivity index (χ2v) is 4.36. The smallest absolute Gasteiger partial charge is 0.255 e. The van der Waals surface area contributed by atoms with Crippen LogP contribution in [0.1, 0.15) is 35.0 Å². The SMILES string of the molecule is COc1cccc(C(=O)NC(C)c2ncc(C)o2)c1O. The van der Waals surface area contributed by atoms with Crippen molar-refractivity contribution < 1.29 is 19.1 Å². The molecule has 1 aromatic carbocycles. The van der Waals surface area contributed by atoms with Gasteiger partial charge in [-0.2, -0.15) is 0 Å². The minimum absolute atomic E-state index is 0.138. The number of hydrogen-bond donors (Lipinski definition) is 2. The van der Waals surface area contributed by atoms with Gasteiger partial charge in [-0.25, -0.2) is 4.98 Å². The highest BCUT2D eigenvalue weighted by Crippen LogP contribution is 2.29. The fourth-order valence-electron chi connectivity index (χ4n) is 1.78. The van der Waals surface area contributed by atoms with Crippen molar-refractivity contribution in [2.24, 2.45) is 0 Å². The fourth-order valence-corrected chi connectivity index (χ4v) is 1.78. The van der Waals surface area contributed by atoms with E-state index in [1.807, 2.05) is 0 Å². The zero-order valence-electron chi connectivity index (χ0n) is 11.5. The minimum Gasteiger partial charge on any atom is -0.504 e. The van der Waals surface area contributed by atoms with Crippen LogP contribution in [0.3, 0.4) is 0 Å². The van der Waals surface area contributed by atoms with E-state index in [4.69, 9.17) is 9.15 Å². The van der Waals surface area contributed by atoms with Crippen LogP contribution in [0.2, 0.25) is 0 Å². The van der Waals surface area contributed by atoms with Gasteiger partial charge in [0.1, 0.15) is 11.8 Å². The summed E-state index contributed by atoms with van der Waals surface area (Å²) in [4.78, 5) is 16.2. The van der Waals surface area contributed by atoms with Crippen LogP contribution in [0.4, 0.5) is 0 Å². The van der Waals surface area contributed by atoms with Crippen LogP contribution >= 0.6 is 0 Å². The molecule has 0 saturated heterocycles. The summed E-state index contributed by atoms with van der Waals surface area (Å²) in [6.45, 7) is 3.53. The van der Waals surface area contributed by atoms with E-state index >= 15 is 0 Å². The van der Waals surface area contributed by atoms with E-state index in [1.165, 1.54) is 13.2 Å². The van der Waals surface area contributed by atoms with Gasteiger partial charge in [-0.15, -0.1) is 0 Å². The largest absolute Gasteiger partial charge is 0.504 e. The Kier molecular flexibility index (Phi) is 3.93. The van der Waals surface area contributed by atoms with E-state index in [2.05, 4.69) is 10.3 Å². The highest BCUT2D eigenvalue weighted by atomic mass is 16.5. The molecule has 0 radical (unpaired) electrons. The fraction of sp³-hybridized carbons (Fsp3) is 0.286. The number of nitrogens with one attached hydrogen (secondary N) is 1. The average Bonchev–Trinajstić information content (AvgIpc) is 2.85. The predicted molar refractivity (Wildman–Crippen MR) is 71.8 cm³/mol. The van der Waals surface area contributed by atoms with Gasteiger partial charge in [0.2, 0.25) is 5.89 Å². The molecule has 0 fully saturated rings. The molecule has 0 aliphatic heterocycles. The van der Waals surface area contributed by atoms with Crippen molar-refractivity contribution in [2.75, 3.05) is 7.11 Å². The lowest BCUT2D eigenvalue weighted by Crippen LogP contribution is -2.26. The molecule has 2 N–H and O–H groups in total. The predicted octanol–water partition coefficient (Wildman–Crippen LogP) is 2.19. The van der Waals surface area contributed by atoms with Gasteiger partial charge in [0.25, 0.3) is 5.91 Å². The van der Waals surface area contributed by atoms with Gasteiger partial charge in [-0.3, -0.25) is 4.79 Å². The van der Waals surface area contributed by atoms with E-state index in [9.17, 15) is 9.90 Å². The summed E-state index contributed by atoms with van der Waals surface area (Å²) in [6.07, 6.45) is 1.58. The number of oxazole rings is 1. The number of aryl methyl sites for hydroxylation is 1. The number of carbonyl (C=O) groups is 1. The lowest BCUT2D eigenvalue weighted by atomic mass is 10.1. The van der Waals surface area contributed by atoms with E-state index in [0.717, 1.165) is 0 Å². The zero-order valence-corrected chi connectivity index (χ0v) is 11.5. The summed E-state index contributed by atoms with van der Waals surface area (Å²) in [5.74, 6) is 0.717. The third kappa shape index (κ3) is 2.74. The van der Waals surface area contributed by atoms with Crippen molar-refractivity contribution in [2.45, 2.75) is 19.9 Å². The maximum absolute atomic E-state index is 12.1. The molecule has 20 heavy (non-hydrogen) atoms. The first kappa shape index (κ1) is 13.9. The monoisotopic (exact) mass is 276 g/mol. The van der Waals surface area contributed by atoms with Crippen LogP contribution in [0.15, 0.2) is 28.8 Å². The maximum Gasteiger partial charge on any atom is 0.255 e. The highest BCUT2D eigenvalue weighted by Gasteiger charge is 2.19. The maximum atomic E-state index is 12.1. The lowest BCUT2D eigenvalue weighted by Gasteiger charge is -2.12. The van der Waals surface area contributed by atoms with Crippen molar-refractivity contribution in [1.82, 2.24) is 10.3 Å². The molecule has 106 valence electrons. The summed E-state index contributed by atoms with van der Waals surface area (Å²) < 4.78 is 10.3. The first-order valence-electron chi connectivity index (χ1n) is 6.12. The van der Waals surface area contributed by atoms with Crippen LogP contribution in [0, 0.1) is 6.92 Å². The molecule has 0 saturated carbocycles. The number of phenolic OH excluding ortho intramolecular Hbond substituents is 1. The molecule has 0 aliphatic carbocycles. The molecule has 6 heteroatoms. The number of phenols is 1. The van der Waals surface area contributed by atoms with Crippen LogP contribution in [-0.2, 0) is 0 Å². The van der Waals surface area contributed by atoms with Gasteiger partial charge < -0.3 is 19.6 Å². The molecule has 1 atom stereocenters. The Morgan fingerprint density at radius 3 is 2.85 bits per heavy atom. The molecule has 0 aliphatic rings. The highest BCUT2D eigenvalue weighted by molar-refractivity contribution is 5.97. The number of methoxy groups -OCH3 is 1. The number of nitrogens with zero attached hydrogens (tertiary/aromatic N) is 1. The number of para-hydroxylation sites is 1. The van der Waals surface area contributed by atoms with E-state index in [0.29, 0.717) is 11.7 Å². The molecule has 1 amide bonds. The number of hydrogen-bond acceptors (Lipinski definition) is 5. The molecule has 1 heterocycles. The third-order valence-electron chi connectivity index (χ3n) is 2.82. The van der Waals surface area contributed by atoms with Crippen LogP contribution in [-0.4, -0.2) is 23.1 Å². The van der Waals surface area contributed by atoms with Gasteiger partial charge in [0, 0.05) is 0 Å². The molecule has 2 rings (SSSR count). The van der Waals surface area contributed by atoms with Crippen molar-refractivity contribution in [3.63, 3.8) is 0 Å². The van der Waals surface area contributed by atoms with E-state index in [1.54, 1.807) is 32.2 Å². The molecule has 0 spiro atoms. The Bertz CT molecular complexity index is 621. The van der Waals surface area contributed by atoms with Crippen molar-refractivity contribution in [1.29, 1.82) is 0 Å². The first-order valence-corrected chi connectivity index (χ1v) is 6.12. The molecule has 0 bridgehead atoms. The summed E-state index contributed by atoms with van der Waals surface area (Å²) in [5, 5.41) is 12.6.